The molecule has 0 aliphatic carbocycles. The van der Waals surface area contributed by atoms with E-state index in [1.807, 2.05) is 0 Å². The summed E-state index contributed by atoms with van der Waals surface area (Å²) >= 11 is 0. The van der Waals surface area contributed by atoms with Crippen LogP contribution in [0, 0.1) is 0 Å². The fourth-order valence-corrected chi connectivity index (χ4v) is 4.49. The second-order valence-electron chi connectivity index (χ2n) is 10.1. The quantitative estimate of drug-likeness (QED) is 0.132. The van der Waals surface area contributed by atoms with Gasteiger partial charge >= 0.3 is 0 Å². The van der Waals surface area contributed by atoms with E-state index in [4.69, 9.17) is 18.9 Å². The van der Waals surface area contributed by atoms with E-state index in [1.54, 1.807) is 14.2 Å². The summed E-state index contributed by atoms with van der Waals surface area (Å²) in [5, 5.41) is 0. The van der Waals surface area contributed by atoms with E-state index in [1.165, 1.54) is 88.2 Å². The van der Waals surface area contributed by atoms with E-state index in [2.05, 4.69) is 48.5 Å². The molecule has 0 fully saturated rings. The van der Waals surface area contributed by atoms with Crippen molar-refractivity contribution >= 4 is 0 Å². The van der Waals surface area contributed by atoms with Crippen LogP contribution in [0.15, 0.2) is 48.5 Å². The van der Waals surface area contributed by atoms with Crippen LogP contribution in [0.4, 0.5) is 0 Å². The summed E-state index contributed by atoms with van der Waals surface area (Å²) in [6.07, 6.45) is 18.5. The molecule has 2 rings (SSSR count). The third-order valence-electron chi connectivity index (χ3n) is 6.78. The molecule has 0 radical (unpaired) electrons. The molecule has 0 spiro atoms. The summed E-state index contributed by atoms with van der Waals surface area (Å²) < 4.78 is 22.1. The van der Waals surface area contributed by atoms with Gasteiger partial charge in [0.1, 0.15) is 11.5 Å². The van der Waals surface area contributed by atoms with Crippen molar-refractivity contribution < 1.29 is 18.9 Å². The molecule has 0 bridgehead atoms. The second kappa shape index (κ2) is 22.0. The molecule has 0 atom stereocenters. The maximum absolute atomic E-state index is 5.94. The molecule has 208 valence electrons. The smallest absolute Gasteiger partial charge is 0.119 e. The molecule has 0 aromatic heterocycles. The Morgan fingerprint density at radius 1 is 0.378 bits per heavy atom. The molecule has 0 aliphatic heterocycles. The lowest BCUT2D eigenvalue weighted by atomic mass is 10.0. The van der Waals surface area contributed by atoms with Crippen LogP contribution in [-0.4, -0.2) is 40.6 Å². The van der Waals surface area contributed by atoms with Crippen LogP contribution in [0.2, 0.25) is 0 Å². The molecule has 0 unspecified atom stereocenters. The van der Waals surface area contributed by atoms with Crippen molar-refractivity contribution in [1.29, 1.82) is 0 Å². The lowest BCUT2D eigenvalue weighted by Crippen LogP contribution is -1.98. The van der Waals surface area contributed by atoms with Gasteiger partial charge in [0.15, 0.2) is 0 Å². The highest BCUT2D eigenvalue weighted by atomic mass is 16.5. The van der Waals surface area contributed by atoms with Gasteiger partial charge in [-0.15, -0.1) is 0 Å². The van der Waals surface area contributed by atoms with Crippen molar-refractivity contribution in [2.75, 3.05) is 40.6 Å². The largest absolute Gasteiger partial charge is 0.494 e. The first-order valence-electron chi connectivity index (χ1n) is 14.7. The first-order valence-corrected chi connectivity index (χ1v) is 14.7. The number of methoxy groups -OCH3 is 2. The minimum atomic E-state index is 0.805. The van der Waals surface area contributed by atoms with Gasteiger partial charge < -0.3 is 18.9 Å². The predicted molar refractivity (Wildman–Crippen MR) is 155 cm³/mol. The van der Waals surface area contributed by atoms with Crippen LogP contribution < -0.4 is 9.47 Å². The van der Waals surface area contributed by atoms with Gasteiger partial charge in [0.25, 0.3) is 0 Å². The number of ether oxygens (including phenoxy) is 4. The van der Waals surface area contributed by atoms with Gasteiger partial charge in [0.05, 0.1) is 13.2 Å². The van der Waals surface area contributed by atoms with Gasteiger partial charge in [-0.2, -0.15) is 0 Å². The Kier molecular flexibility index (Phi) is 18.5. The highest BCUT2D eigenvalue weighted by Gasteiger charge is 2.01. The maximum atomic E-state index is 5.94. The standard InChI is InChI=1S/C33H52O4/c1-34-25-13-9-5-3-7-11-15-27-36-32-21-17-30(18-22-32)29-31-19-23-33(24-20-31)37-28-16-12-8-4-6-10-14-26-35-2/h17-24H,3-16,25-29H2,1-2H3. The van der Waals surface area contributed by atoms with Crippen LogP contribution in [0.3, 0.4) is 0 Å². The molecule has 0 saturated carbocycles. The number of unbranched alkanes of at least 4 members (excludes halogenated alkanes) is 12. The van der Waals surface area contributed by atoms with Gasteiger partial charge in [-0.05, 0) is 67.5 Å². The van der Waals surface area contributed by atoms with Crippen molar-refractivity contribution in [3.63, 3.8) is 0 Å². The maximum Gasteiger partial charge on any atom is 0.119 e. The molecule has 0 amide bonds. The van der Waals surface area contributed by atoms with Crippen molar-refractivity contribution in [2.24, 2.45) is 0 Å². The van der Waals surface area contributed by atoms with Gasteiger partial charge in [-0.3, -0.25) is 0 Å². The molecular formula is C33H52O4. The average molecular weight is 513 g/mol. The Bertz CT molecular complexity index is 691. The Morgan fingerprint density at radius 3 is 1.00 bits per heavy atom. The third-order valence-corrected chi connectivity index (χ3v) is 6.78. The van der Waals surface area contributed by atoms with Crippen molar-refractivity contribution in [2.45, 2.75) is 96.3 Å². The molecule has 4 heteroatoms. The first-order chi connectivity index (χ1) is 18.3. The lowest BCUT2D eigenvalue weighted by molar-refractivity contribution is 0.192. The van der Waals surface area contributed by atoms with E-state index in [9.17, 15) is 0 Å². The summed E-state index contributed by atoms with van der Waals surface area (Å²) in [4.78, 5) is 0. The predicted octanol–water partition coefficient (Wildman–Crippen LogP) is 8.79. The molecule has 0 saturated heterocycles. The van der Waals surface area contributed by atoms with Gasteiger partial charge in [-0.1, -0.05) is 88.5 Å². The van der Waals surface area contributed by atoms with Crippen molar-refractivity contribution in [3.05, 3.63) is 59.7 Å². The van der Waals surface area contributed by atoms with E-state index in [0.29, 0.717) is 0 Å². The molecule has 0 aliphatic rings. The Morgan fingerprint density at radius 2 is 0.676 bits per heavy atom. The zero-order chi connectivity index (χ0) is 26.2. The van der Waals surface area contributed by atoms with Crippen LogP contribution in [0.5, 0.6) is 11.5 Å². The van der Waals surface area contributed by atoms with Crippen LogP contribution in [-0.2, 0) is 15.9 Å². The summed E-state index contributed by atoms with van der Waals surface area (Å²) in [6, 6.07) is 17.1. The minimum Gasteiger partial charge on any atom is -0.494 e. The molecule has 0 N–H and O–H groups in total. The summed E-state index contributed by atoms with van der Waals surface area (Å²) in [6.45, 7) is 3.40. The van der Waals surface area contributed by atoms with Crippen molar-refractivity contribution in [3.8, 4) is 11.5 Å². The fraction of sp³-hybridized carbons (Fsp3) is 0.636. The van der Waals surface area contributed by atoms with E-state index < -0.39 is 0 Å². The minimum absolute atomic E-state index is 0.805. The third kappa shape index (κ3) is 16.4. The fourth-order valence-electron chi connectivity index (χ4n) is 4.49. The van der Waals surface area contributed by atoms with Gasteiger partial charge in [0, 0.05) is 27.4 Å². The van der Waals surface area contributed by atoms with E-state index >= 15 is 0 Å². The Hall–Kier alpha value is -2.04. The second-order valence-corrected chi connectivity index (χ2v) is 10.1. The monoisotopic (exact) mass is 512 g/mol. The average Bonchev–Trinajstić information content (AvgIpc) is 2.92. The molecule has 2 aromatic carbocycles. The number of rotatable bonds is 24. The normalized spacial score (nSPS) is 11.1. The van der Waals surface area contributed by atoms with Gasteiger partial charge in [0.2, 0.25) is 0 Å². The summed E-state index contributed by atoms with van der Waals surface area (Å²) in [7, 11) is 3.55. The van der Waals surface area contributed by atoms with Crippen molar-refractivity contribution in [1.82, 2.24) is 0 Å². The summed E-state index contributed by atoms with van der Waals surface area (Å²) in [5.74, 6) is 1.94. The topological polar surface area (TPSA) is 36.9 Å². The molecule has 2 aromatic rings. The highest BCUT2D eigenvalue weighted by molar-refractivity contribution is 5.34. The lowest BCUT2D eigenvalue weighted by Gasteiger charge is -2.09. The SMILES string of the molecule is COCCCCCCCCCOc1ccc(Cc2ccc(OCCCCCCCCCOC)cc2)cc1. The highest BCUT2D eigenvalue weighted by Crippen LogP contribution is 2.19. The van der Waals surface area contributed by atoms with Crippen LogP contribution >= 0.6 is 0 Å². The Balaban J connectivity index is 1.51. The first kappa shape index (κ1) is 31.2. The van der Waals surface area contributed by atoms with E-state index in [0.717, 1.165) is 57.2 Å². The Labute approximate surface area is 227 Å². The zero-order valence-corrected chi connectivity index (χ0v) is 23.7. The van der Waals surface area contributed by atoms with E-state index in [-0.39, 0.29) is 0 Å². The number of hydrogen-bond donors (Lipinski definition) is 0. The summed E-state index contributed by atoms with van der Waals surface area (Å²) in [5.41, 5.74) is 2.61. The van der Waals surface area contributed by atoms with Gasteiger partial charge in [-0.25, -0.2) is 0 Å². The molecular weight excluding hydrogens is 460 g/mol. The molecule has 4 nitrogen and oxygen atoms in total. The van der Waals surface area contributed by atoms with Crippen LogP contribution in [0.1, 0.15) is 101 Å². The molecule has 37 heavy (non-hydrogen) atoms. The van der Waals surface area contributed by atoms with Crippen LogP contribution in [0.25, 0.3) is 0 Å². The molecule has 0 heterocycles. The zero-order valence-electron chi connectivity index (χ0n) is 23.7. The number of benzene rings is 2. The number of hydrogen-bond acceptors (Lipinski definition) is 4.